The lowest BCUT2D eigenvalue weighted by atomic mass is 10.0. The van der Waals surface area contributed by atoms with E-state index in [0.717, 1.165) is 22.3 Å². The van der Waals surface area contributed by atoms with Gasteiger partial charge >= 0.3 is 0 Å². The molecule has 4 heteroatoms. The first-order valence-electron chi connectivity index (χ1n) is 21.0. The van der Waals surface area contributed by atoms with Crippen LogP contribution in [0.4, 0.5) is 0 Å². The van der Waals surface area contributed by atoms with Crippen molar-refractivity contribution in [3.63, 3.8) is 0 Å². The van der Waals surface area contributed by atoms with E-state index in [1.807, 2.05) is 109 Å². The van der Waals surface area contributed by atoms with E-state index in [4.69, 9.17) is 30.3 Å². The minimum Gasteiger partial charge on any atom is -0.456 e. The highest BCUT2D eigenvalue weighted by Crippen LogP contribution is 2.36. The van der Waals surface area contributed by atoms with E-state index < -0.39 is 77.6 Å². The van der Waals surface area contributed by atoms with E-state index in [-0.39, 0.29) is 45.0 Å². The molecule has 9 aromatic rings. The molecule has 0 radical (unpaired) electrons. The SMILES string of the molecule is [2H]c1c([2H])c([2H])c(-c2c([2H])c([2H])c3oc4c([2H])c([2H])c(-c5nc(-c6ccc(-c7ccccc7)cc6)nc(-c6cccc(-c7ccccc7)c6)n5)c([2H])c4c3c2[2H])c([2H])c1[2H]. The smallest absolute Gasteiger partial charge is 0.164 e. The summed E-state index contributed by atoms with van der Waals surface area (Å²) in [5.41, 5.74) is 3.33. The molecule has 0 aliphatic rings. The lowest BCUT2D eigenvalue weighted by Crippen LogP contribution is -2.00. The molecule has 0 unspecified atom stereocenters. The van der Waals surface area contributed by atoms with Crippen LogP contribution in [0, 0.1) is 0 Å². The first kappa shape index (κ1) is 19.2. The lowest BCUT2D eigenvalue weighted by Gasteiger charge is -2.10. The first-order chi connectivity index (χ1) is 28.8. The van der Waals surface area contributed by atoms with Crippen molar-refractivity contribution in [2.45, 2.75) is 0 Å². The number of benzene rings is 7. The van der Waals surface area contributed by atoms with Crippen LogP contribution >= 0.6 is 0 Å². The minimum atomic E-state index is -0.685. The number of nitrogens with zero attached hydrogens (tertiary/aromatic N) is 3. The maximum Gasteiger partial charge on any atom is 0.164 e. The quantitative estimate of drug-likeness (QED) is 0.182. The van der Waals surface area contributed by atoms with Gasteiger partial charge in [-0.2, -0.15) is 0 Å². The van der Waals surface area contributed by atoms with Crippen LogP contribution in [0.25, 0.3) is 89.5 Å². The molecule has 0 spiro atoms. The van der Waals surface area contributed by atoms with E-state index in [1.54, 1.807) is 0 Å². The van der Waals surface area contributed by atoms with Gasteiger partial charge in [0.25, 0.3) is 0 Å². The Morgan fingerprint density at radius 2 is 0.857 bits per heavy atom. The lowest BCUT2D eigenvalue weighted by molar-refractivity contribution is 0.669. The zero-order chi connectivity index (χ0) is 42.1. The zero-order valence-electron chi connectivity index (χ0n) is 36.6. The maximum absolute atomic E-state index is 9.60. The van der Waals surface area contributed by atoms with Gasteiger partial charge in [-0.15, -0.1) is 0 Å². The molecule has 0 aliphatic carbocycles. The van der Waals surface area contributed by atoms with Crippen molar-refractivity contribution < 1.29 is 19.5 Å². The monoisotopic (exact) mass is 638 g/mol. The van der Waals surface area contributed by atoms with Crippen molar-refractivity contribution in [1.82, 2.24) is 15.0 Å². The van der Waals surface area contributed by atoms with Crippen LogP contribution in [0.3, 0.4) is 0 Å². The van der Waals surface area contributed by atoms with Gasteiger partial charge in [-0.3, -0.25) is 0 Å². The summed E-state index contributed by atoms with van der Waals surface area (Å²) in [5.74, 6) is 0.325. The van der Waals surface area contributed by atoms with Crippen molar-refractivity contribution in [2.75, 3.05) is 0 Å². The third kappa shape index (κ3) is 5.56. The molecular weight excluding hydrogens is 599 g/mol. The van der Waals surface area contributed by atoms with Gasteiger partial charge in [-0.1, -0.05) is 139 Å². The van der Waals surface area contributed by atoms with Crippen LogP contribution in [0.5, 0.6) is 0 Å². The Kier molecular flexibility index (Phi) is 4.78. The number of hydrogen-bond acceptors (Lipinski definition) is 4. The zero-order valence-corrected chi connectivity index (χ0v) is 25.6. The second kappa shape index (κ2) is 12.2. The Balaban J connectivity index is 1.31. The fourth-order valence-corrected chi connectivity index (χ4v) is 5.67. The average Bonchev–Trinajstić information content (AvgIpc) is 3.70. The molecule has 4 nitrogen and oxygen atoms in total. The number of hydrogen-bond donors (Lipinski definition) is 0. The summed E-state index contributed by atoms with van der Waals surface area (Å²) in [6.45, 7) is 0. The van der Waals surface area contributed by atoms with Gasteiger partial charge in [0.05, 0.1) is 15.1 Å². The Morgan fingerprint density at radius 1 is 0.367 bits per heavy atom. The van der Waals surface area contributed by atoms with E-state index in [9.17, 15) is 4.11 Å². The van der Waals surface area contributed by atoms with Crippen LogP contribution in [0.15, 0.2) is 180 Å². The normalized spacial score (nSPS) is 14.4. The topological polar surface area (TPSA) is 51.8 Å². The molecular formula is C45H29N3O. The van der Waals surface area contributed by atoms with Crippen LogP contribution in [0.2, 0.25) is 0 Å². The molecule has 0 bridgehead atoms. The predicted octanol–water partition coefficient (Wildman–Crippen LogP) is 11.8. The van der Waals surface area contributed by atoms with Crippen molar-refractivity contribution in [3.8, 4) is 67.5 Å². The second-order valence-corrected chi connectivity index (χ2v) is 11.2. The minimum absolute atomic E-state index is 0.118. The van der Waals surface area contributed by atoms with Gasteiger partial charge in [0.15, 0.2) is 17.5 Å². The molecule has 0 aliphatic heterocycles. The van der Waals surface area contributed by atoms with Gasteiger partial charge in [0.2, 0.25) is 0 Å². The van der Waals surface area contributed by atoms with E-state index in [1.165, 1.54) is 0 Å². The number of furan rings is 1. The van der Waals surface area contributed by atoms with E-state index in [2.05, 4.69) is 0 Å². The molecule has 9 rings (SSSR count). The van der Waals surface area contributed by atoms with Gasteiger partial charge in [0.1, 0.15) is 11.2 Å². The summed E-state index contributed by atoms with van der Waals surface area (Å²) in [7, 11) is 0. The van der Waals surface area contributed by atoms with Crippen molar-refractivity contribution in [2.24, 2.45) is 0 Å². The molecule has 230 valence electrons. The van der Waals surface area contributed by atoms with Gasteiger partial charge in [-0.25, -0.2) is 15.0 Å². The molecule has 0 saturated carbocycles. The van der Waals surface area contributed by atoms with Crippen LogP contribution < -0.4 is 0 Å². The fourth-order valence-electron chi connectivity index (χ4n) is 5.67. The standard InChI is InChI=1S/C45H29N3O/c1-4-11-30(12-5-1)33-19-21-34(22-20-33)43-46-44(37-18-10-17-35(27-37)31-13-6-2-7-14-31)48-45(47-43)38-24-26-42-40(29-38)39-28-36(23-25-41(39)49-42)32-15-8-3-9-16-32/h1-29H/i3D,8D,9D,15D,16D,23D,24D,25D,26D,28D,29D. The van der Waals surface area contributed by atoms with Crippen LogP contribution in [-0.4, -0.2) is 15.0 Å². The fraction of sp³-hybridized carbons (Fsp3) is 0. The van der Waals surface area contributed by atoms with Gasteiger partial charge < -0.3 is 4.42 Å². The second-order valence-electron chi connectivity index (χ2n) is 11.2. The molecule has 0 N–H and O–H groups in total. The molecule has 0 saturated heterocycles. The summed E-state index contributed by atoms with van der Waals surface area (Å²) < 4.78 is 103. The summed E-state index contributed by atoms with van der Waals surface area (Å²) in [5, 5.41) is -0.357. The molecule has 0 atom stereocenters. The third-order valence-corrected chi connectivity index (χ3v) is 8.10. The number of fused-ring (bicyclic) bond motifs is 3. The van der Waals surface area contributed by atoms with Crippen molar-refractivity contribution in [1.29, 1.82) is 0 Å². The molecule has 7 aromatic carbocycles. The highest BCUT2D eigenvalue weighted by atomic mass is 16.3. The van der Waals surface area contributed by atoms with Crippen molar-refractivity contribution >= 4 is 21.9 Å². The van der Waals surface area contributed by atoms with Gasteiger partial charge in [0, 0.05) is 27.5 Å². The van der Waals surface area contributed by atoms with Crippen molar-refractivity contribution in [3.05, 3.63) is 176 Å². The molecule has 49 heavy (non-hydrogen) atoms. The van der Waals surface area contributed by atoms with E-state index >= 15 is 0 Å². The average molecular weight is 639 g/mol. The summed E-state index contributed by atoms with van der Waals surface area (Å²) in [6, 6.07) is 28.2. The predicted molar refractivity (Wildman–Crippen MR) is 200 cm³/mol. The van der Waals surface area contributed by atoms with Crippen LogP contribution in [-0.2, 0) is 0 Å². The third-order valence-electron chi connectivity index (χ3n) is 8.10. The Morgan fingerprint density at radius 3 is 1.53 bits per heavy atom. The summed E-state index contributed by atoms with van der Waals surface area (Å²) in [6.07, 6.45) is 0. The summed E-state index contributed by atoms with van der Waals surface area (Å²) >= 11 is 0. The van der Waals surface area contributed by atoms with Gasteiger partial charge in [-0.05, 0) is 69.7 Å². The molecule has 0 amide bonds. The highest BCUT2D eigenvalue weighted by Gasteiger charge is 2.16. The molecule has 2 aromatic heterocycles. The van der Waals surface area contributed by atoms with E-state index in [0.29, 0.717) is 11.1 Å². The number of rotatable bonds is 6. The Labute approximate surface area is 299 Å². The van der Waals surface area contributed by atoms with Crippen LogP contribution in [0.1, 0.15) is 15.1 Å². The Hall–Kier alpha value is -6.65. The summed E-state index contributed by atoms with van der Waals surface area (Å²) in [4.78, 5) is 14.5. The molecule has 0 fully saturated rings. The first-order valence-corrected chi connectivity index (χ1v) is 15.5. The highest BCUT2D eigenvalue weighted by molar-refractivity contribution is 6.07. The largest absolute Gasteiger partial charge is 0.456 e. The Bertz CT molecular complexity index is 3180. The number of aromatic nitrogens is 3. The maximum atomic E-state index is 9.60. The molecule has 2 heterocycles.